The van der Waals surface area contributed by atoms with Gasteiger partial charge in [-0.1, -0.05) is 57.3 Å². The number of hydrogen-bond acceptors (Lipinski definition) is 9. The number of aliphatic hydroxyl groups is 8. The highest BCUT2D eigenvalue weighted by Gasteiger charge is 2.77. The average molecular weight is 521 g/mol. The molecule has 0 amide bonds. The second-order valence-electron chi connectivity index (χ2n) is 11.6. The summed E-state index contributed by atoms with van der Waals surface area (Å²) in [4.78, 5) is 0. The van der Waals surface area contributed by atoms with Gasteiger partial charge in [-0.05, 0) is 37.2 Å². The first-order valence-electron chi connectivity index (χ1n) is 12.7. The van der Waals surface area contributed by atoms with Gasteiger partial charge in [-0.2, -0.15) is 0 Å². The van der Waals surface area contributed by atoms with Crippen LogP contribution < -0.4 is 0 Å². The lowest BCUT2D eigenvalue weighted by atomic mass is 9.53. The number of fused-ring (bicyclic) bond motifs is 3. The third kappa shape index (κ3) is 3.67. The number of ether oxygens (including phenoxy) is 1. The summed E-state index contributed by atoms with van der Waals surface area (Å²) in [7, 11) is 0. The first-order chi connectivity index (χ1) is 17.1. The molecule has 0 aliphatic heterocycles. The Morgan fingerprint density at radius 2 is 1.57 bits per heavy atom. The molecular weight excluding hydrogens is 480 g/mol. The summed E-state index contributed by atoms with van der Waals surface area (Å²) in [5, 5.41) is 92.0. The Hall–Kier alpha value is -1.82. The first-order valence-corrected chi connectivity index (χ1v) is 12.7. The molecule has 4 rings (SSSR count). The van der Waals surface area contributed by atoms with Gasteiger partial charge < -0.3 is 45.6 Å². The second kappa shape index (κ2) is 9.14. The van der Waals surface area contributed by atoms with E-state index in [-0.39, 0.29) is 24.2 Å². The minimum Gasteiger partial charge on any atom is -0.487 e. The zero-order valence-corrected chi connectivity index (χ0v) is 21.5. The van der Waals surface area contributed by atoms with Gasteiger partial charge >= 0.3 is 0 Å². The van der Waals surface area contributed by atoms with E-state index in [4.69, 9.17) is 4.74 Å². The molecule has 0 saturated heterocycles. The molecule has 9 heteroatoms. The third-order valence-electron chi connectivity index (χ3n) is 9.60. The Bertz CT molecular complexity index is 1050. The Morgan fingerprint density at radius 3 is 2.11 bits per heavy atom. The molecule has 3 fully saturated rings. The van der Waals surface area contributed by atoms with Crippen LogP contribution >= 0.6 is 0 Å². The molecule has 3 aliphatic carbocycles. The predicted octanol–water partition coefficient (Wildman–Crippen LogP) is -0.0564. The van der Waals surface area contributed by atoms with Crippen LogP contribution in [0.3, 0.4) is 0 Å². The fourth-order valence-electron chi connectivity index (χ4n) is 7.36. The summed E-state index contributed by atoms with van der Waals surface area (Å²) >= 11 is 0. The van der Waals surface area contributed by atoms with Gasteiger partial charge in [0.15, 0.2) is 0 Å². The van der Waals surface area contributed by atoms with Crippen LogP contribution in [0.1, 0.15) is 39.2 Å². The molecule has 0 unspecified atom stereocenters. The lowest BCUT2D eigenvalue weighted by Gasteiger charge is -2.59. The molecule has 3 aliphatic rings. The van der Waals surface area contributed by atoms with Crippen molar-refractivity contribution >= 4 is 5.76 Å². The van der Waals surface area contributed by atoms with E-state index in [1.54, 1.807) is 51.1 Å². The Labute approximate surface area is 217 Å². The minimum atomic E-state index is -2.78. The largest absolute Gasteiger partial charge is 0.487 e. The molecule has 206 valence electrons. The number of hydrogen-bond donors (Lipinski definition) is 8. The van der Waals surface area contributed by atoms with Crippen LogP contribution in [0.25, 0.3) is 5.76 Å². The normalized spacial score (nSPS) is 49.5. The zero-order valence-electron chi connectivity index (χ0n) is 21.5. The summed E-state index contributed by atoms with van der Waals surface area (Å²) < 4.78 is 6.23. The molecule has 8 N–H and O–H groups in total. The van der Waals surface area contributed by atoms with E-state index in [0.717, 1.165) is 0 Å². The maximum atomic E-state index is 12.5. The maximum Gasteiger partial charge on any atom is 0.142 e. The molecule has 12 atom stereocenters. The van der Waals surface area contributed by atoms with Gasteiger partial charge in [-0.25, -0.2) is 0 Å². The van der Waals surface area contributed by atoms with Crippen LogP contribution in [0, 0.1) is 23.7 Å². The lowest BCUT2D eigenvalue weighted by molar-refractivity contribution is -0.265. The summed E-state index contributed by atoms with van der Waals surface area (Å²) in [5.74, 6) is -4.12. The Balaban J connectivity index is 1.96. The van der Waals surface area contributed by atoms with E-state index in [2.05, 4.69) is 13.2 Å². The van der Waals surface area contributed by atoms with Crippen LogP contribution in [-0.4, -0.2) is 94.3 Å². The highest BCUT2D eigenvalue weighted by molar-refractivity contribution is 5.57. The molecule has 0 spiro atoms. The van der Waals surface area contributed by atoms with Gasteiger partial charge in [-0.15, -0.1) is 0 Å². The van der Waals surface area contributed by atoms with E-state index in [1.165, 1.54) is 0 Å². The van der Waals surface area contributed by atoms with Crippen molar-refractivity contribution < 1.29 is 45.6 Å². The Morgan fingerprint density at radius 1 is 0.973 bits per heavy atom. The molecule has 1 aromatic carbocycles. The van der Waals surface area contributed by atoms with Gasteiger partial charge in [0.05, 0.1) is 30.3 Å². The number of benzene rings is 1. The van der Waals surface area contributed by atoms with Crippen molar-refractivity contribution in [1.82, 2.24) is 0 Å². The molecule has 1 aromatic rings. The fourth-order valence-corrected chi connectivity index (χ4v) is 7.36. The monoisotopic (exact) mass is 520 g/mol. The molecule has 0 bridgehead atoms. The van der Waals surface area contributed by atoms with Gasteiger partial charge in [-0.3, -0.25) is 0 Å². The molecule has 37 heavy (non-hydrogen) atoms. The van der Waals surface area contributed by atoms with Crippen LogP contribution in [-0.2, 0) is 4.74 Å². The van der Waals surface area contributed by atoms with E-state index in [1.807, 2.05) is 0 Å². The quantitative estimate of drug-likeness (QED) is 0.196. The van der Waals surface area contributed by atoms with E-state index in [9.17, 15) is 40.9 Å². The highest BCUT2D eigenvalue weighted by atomic mass is 16.5. The highest BCUT2D eigenvalue weighted by Crippen LogP contribution is 2.62. The average Bonchev–Trinajstić information content (AvgIpc) is 3.09. The van der Waals surface area contributed by atoms with Crippen molar-refractivity contribution in [2.24, 2.45) is 23.7 Å². The van der Waals surface area contributed by atoms with Crippen LogP contribution in [0.2, 0.25) is 0 Å². The molecule has 3 saturated carbocycles. The van der Waals surface area contributed by atoms with Gasteiger partial charge in [0.2, 0.25) is 0 Å². The number of rotatable bonds is 5. The van der Waals surface area contributed by atoms with E-state index < -0.39 is 77.1 Å². The minimum absolute atomic E-state index is 0.0398. The molecule has 0 aromatic heterocycles. The second-order valence-corrected chi connectivity index (χ2v) is 11.6. The van der Waals surface area contributed by atoms with Crippen LogP contribution in [0.4, 0.5) is 0 Å². The molecule has 9 nitrogen and oxygen atoms in total. The Kier molecular flexibility index (Phi) is 6.96. The topological polar surface area (TPSA) is 171 Å². The summed E-state index contributed by atoms with van der Waals surface area (Å²) in [5.41, 5.74) is -8.32. The van der Waals surface area contributed by atoms with Crippen molar-refractivity contribution in [3.63, 3.8) is 0 Å². The summed E-state index contributed by atoms with van der Waals surface area (Å²) in [6, 6.07) is 8.77. The summed E-state index contributed by atoms with van der Waals surface area (Å²) in [6.45, 7) is 11.5. The van der Waals surface area contributed by atoms with Crippen molar-refractivity contribution in [2.75, 3.05) is 6.61 Å². The number of aliphatic hydroxyl groups excluding tert-OH is 4. The maximum absolute atomic E-state index is 12.5. The van der Waals surface area contributed by atoms with Crippen molar-refractivity contribution in [3.05, 3.63) is 54.6 Å². The van der Waals surface area contributed by atoms with Gasteiger partial charge in [0.1, 0.15) is 34.8 Å². The lowest BCUT2D eigenvalue weighted by Crippen LogP contribution is -2.71. The van der Waals surface area contributed by atoms with Crippen molar-refractivity contribution in [2.45, 2.75) is 80.4 Å². The molecule has 0 radical (unpaired) electrons. The van der Waals surface area contributed by atoms with Gasteiger partial charge in [0.25, 0.3) is 0 Å². The van der Waals surface area contributed by atoms with Crippen molar-refractivity contribution in [1.29, 1.82) is 0 Å². The van der Waals surface area contributed by atoms with Gasteiger partial charge in [0, 0.05) is 11.5 Å². The SMILES string of the molecule is C=C(O[C@@H]1[C@@H]2[C@H](O)[C@](O)(CO)[C@@H](O)[C@@]3(O)[C@@H](C[C@H](C)[C@@H]3O)[C@@]2(O)[C@H](C)C[C@@]1(O)C(=C)C)c1ccccc1. The fraction of sp³-hybridized carbons (Fsp3) is 0.643. The summed E-state index contributed by atoms with van der Waals surface area (Å²) in [6.07, 6.45) is -7.43. The molecule has 0 heterocycles. The third-order valence-corrected chi connectivity index (χ3v) is 9.60. The predicted molar refractivity (Wildman–Crippen MR) is 135 cm³/mol. The first kappa shape index (κ1) is 28.2. The van der Waals surface area contributed by atoms with Crippen LogP contribution in [0.5, 0.6) is 0 Å². The van der Waals surface area contributed by atoms with E-state index >= 15 is 0 Å². The smallest absolute Gasteiger partial charge is 0.142 e. The standard InChI is InChI=1S/C28H40O9/c1-14(2)25(33)12-16(4)27(35)19-11-15(3)21(30)28(19,36)24(32)26(34,13-29)22(31)20(27)23(25)37-17(5)18-9-7-6-8-10-18/h6-10,15-16,19-24,29-36H,1,5,11-13H2,2-4H3/t15-,16+,19-,20-,21-,22-,23+,24+,25+,26+,27-,28+/m0/s1. The van der Waals surface area contributed by atoms with Crippen molar-refractivity contribution in [3.8, 4) is 0 Å². The van der Waals surface area contributed by atoms with Crippen LogP contribution in [0.15, 0.2) is 49.1 Å². The zero-order chi connectivity index (χ0) is 27.7. The van der Waals surface area contributed by atoms with E-state index in [0.29, 0.717) is 5.56 Å². The molecular formula is C28H40O9.